The van der Waals surface area contributed by atoms with Gasteiger partial charge in [0, 0.05) is 23.3 Å². The van der Waals surface area contributed by atoms with Crippen molar-refractivity contribution in [2.75, 3.05) is 11.4 Å². The van der Waals surface area contributed by atoms with Gasteiger partial charge in [-0.1, -0.05) is 50.8 Å². The summed E-state index contributed by atoms with van der Waals surface area (Å²) in [5.41, 5.74) is 5.00. The van der Waals surface area contributed by atoms with Crippen molar-refractivity contribution in [2.24, 2.45) is 0 Å². The van der Waals surface area contributed by atoms with Gasteiger partial charge in [0.05, 0.1) is 0 Å². The Hall–Kier alpha value is -1.50. The van der Waals surface area contributed by atoms with Crippen LogP contribution in [0.1, 0.15) is 26.3 Å². The van der Waals surface area contributed by atoms with Gasteiger partial charge < -0.3 is 4.90 Å². The van der Waals surface area contributed by atoms with Crippen LogP contribution in [0.3, 0.4) is 0 Å². The van der Waals surface area contributed by atoms with E-state index >= 15 is 0 Å². The second-order valence-electron chi connectivity index (χ2n) is 5.13. The Labute approximate surface area is 98.1 Å². The molecule has 1 heteroatoms. The number of nitrogens with zero attached hydrogens (tertiary/aromatic N) is 1. The molecule has 0 atom stereocenters. The molecule has 0 unspecified atom stereocenters. The second-order valence-corrected chi connectivity index (χ2v) is 5.13. The largest absolute Gasteiger partial charge is 0.340 e. The molecule has 1 heterocycles. The minimum atomic E-state index is 0.0338. The van der Waals surface area contributed by atoms with Gasteiger partial charge in [0.25, 0.3) is 0 Å². The molecule has 16 heavy (non-hydrogen) atoms. The fourth-order valence-corrected chi connectivity index (χ4v) is 2.33. The number of hydrogen-bond donors (Lipinski definition) is 0. The molecule has 0 spiro atoms. The van der Waals surface area contributed by atoms with E-state index in [9.17, 15) is 0 Å². The topological polar surface area (TPSA) is 3.24 Å². The van der Waals surface area contributed by atoms with Crippen molar-refractivity contribution in [2.45, 2.75) is 26.2 Å². The molecule has 0 saturated heterocycles. The predicted molar refractivity (Wildman–Crippen MR) is 70.8 cm³/mol. The minimum Gasteiger partial charge on any atom is -0.340 e. The molecule has 2 rings (SSSR count). The van der Waals surface area contributed by atoms with Crippen molar-refractivity contribution in [3.05, 3.63) is 54.3 Å². The lowest BCUT2D eigenvalue weighted by Gasteiger charge is -2.25. The lowest BCUT2D eigenvalue weighted by molar-refractivity contribution is 0.638. The first kappa shape index (κ1) is 11.0. The third-order valence-corrected chi connectivity index (χ3v) is 3.34. The third kappa shape index (κ3) is 1.47. The first-order valence-corrected chi connectivity index (χ1v) is 5.65. The summed E-state index contributed by atoms with van der Waals surface area (Å²) in [5, 5.41) is 0. The van der Waals surface area contributed by atoms with E-state index < -0.39 is 0 Å². The Balaban J connectivity index is 2.51. The van der Waals surface area contributed by atoms with Crippen molar-refractivity contribution in [3.63, 3.8) is 0 Å². The van der Waals surface area contributed by atoms with Gasteiger partial charge in [0.1, 0.15) is 0 Å². The van der Waals surface area contributed by atoms with E-state index in [4.69, 9.17) is 0 Å². The molecule has 0 aliphatic carbocycles. The summed E-state index contributed by atoms with van der Waals surface area (Å²) >= 11 is 0. The van der Waals surface area contributed by atoms with Crippen molar-refractivity contribution < 1.29 is 0 Å². The number of para-hydroxylation sites is 1. The smallest absolute Gasteiger partial charge is 0.0453 e. The van der Waals surface area contributed by atoms with Gasteiger partial charge in [-0.05, 0) is 18.6 Å². The van der Waals surface area contributed by atoms with E-state index in [1.54, 1.807) is 0 Å². The molecule has 1 aliphatic heterocycles. The third-order valence-electron chi connectivity index (χ3n) is 3.34. The van der Waals surface area contributed by atoms with Gasteiger partial charge in [-0.25, -0.2) is 0 Å². The first-order chi connectivity index (χ1) is 7.44. The summed E-state index contributed by atoms with van der Waals surface area (Å²) in [6, 6.07) is 8.54. The number of benzene rings is 1. The average Bonchev–Trinajstić information content (AvgIpc) is 2.41. The van der Waals surface area contributed by atoms with E-state index in [2.05, 4.69) is 63.1 Å². The second kappa shape index (κ2) is 3.51. The zero-order valence-electron chi connectivity index (χ0n) is 10.4. The molecule has 1 aromatic rings. The van der Waals surface area contributed by atoms with Crippen LogP contribution in [0.25, 0.3) is 0 Å². The van der Waals surface area contributed by atoms with Crippen LogP contribution in [-0.2, 0) is 5.41 Å². The number of allylic oxidation sites excluding steroid dienone is 1. The van der Waals surface area contributed by atoms with Crippen LogP contribution in [0, 0.1) is 0 Å². The van der Waals surface area contributed by atoms with Crippen LogP contribution in [0.15, 0.2) is 48.7 Å². The normalized spacial score (nSPS) is 17.4. The highest BCUT2D eigenvalue weighted by molar-refractivity contribution is 5.70. The van der Waals surface area contributed by atoms with Crippen LogP contribution in [0.5, 0.6) is 0 Å². The van der Waals surface area contributed by atoms with E-state index in [0.29, 0.717) is 0 Å². The summed E-state index contributed by atoms with van der Waals surface area (Å²) in [4.78, 5) is 2.28. The van der Waals surface area contributed by atoms with Gasteiger partial charge in [-0.2, -0.15) is 0 Å². The Bertz CT molecular complexity index is 454. The minimum absolute atomic E-state index is 0.0338. The van der Waals surface area contributed by atoms with Crippen LogP contribution in [0.4, 0.5) is 5.69 Å². The molecule has 0 bridgehead atoms. The first-order valence-electron chi connectivity index (χ1n) is 5.65. The molecule has 0 aromatic heterocycles. The fraction of sp³-hybridized carbons (Fsp3) is 0.333. The standard InChI is InChI=1S/C15H19N/c1-11(2)10-16-12(3)15(4,5)13-8-6-7-9-14(13)16/h6-9H,1,3,10H2,2,4-5H3. The highest BCUT2D eigenvalue weighted by Gasteiger charge is 2.38. The maximum Gasteiger partial charge on any atom is 0.0453 e. The Morgan fingerprint density at radius 3 is 2.56 bits per heavy atom. The molecular formula is C15H19N. The van der Waals surface area contributed by atoms with Gasteiger partial charge in [-0.15, -0.1) is 0 Å². The monoisotopic (exact) mass is 213 g/mol. The Kier molecular flexibility index (Phi) is 2.42. The van der Waals surface area contributed by atoms with Gasteiger partial charge in [0.15, 0.2) is 0 Å². The Morgan fingerprint density at radius 1 is 1.31 bits per heavy atom. The number of rotatable bonds is 2. The van der Waals surface area contributed by atoms with Crippen molar-refractivity contribution in [1.29, 1.82) is 0 Å². The van der Waals surface area contributed by atoms with Gasteiger partial charge in [0.2, 0.25) is 0 Å². The fourth-order valence-electron chi connectivity index (χ4n) is 2.33. The SMILES string of the molecule is C=C(C)CN1C(=C)C(C)(C)c2ccccc21. The predicted octanol–water partition coefficient (Wildman–Crippen LogP) is 3.87. The van der Waals surface area contributed by atoms with Crippen molar-refractivity contribution in [3.8, 4) is 0 Å². The van der Waals surface area contributed by atoms with Crippen LogP contribution >= 0.6 is 0 Å². The molecule has 0 N–H and O–H groups in total. The van der Waals surface area contributed by atoms with Crippen molar-refractivity contribution >= 4 is 5.69 Å². The molecular weight excluding hydrogens is 194 g/mol. The highest BCUT2D eigenvalue weighted by atomic mass is 15.2. The molecule has 84 valence electrons. The summed E-state index contributed by atoms with van der Waals surface area (Å²) in [6.07, 6.45) is 0. The average molecular weight is 213 g/mol. The maximum absolute atomic E-state index is 4.24. The maximum atomic E-state index is 4.24. The molecule has 0 fully saturated rings. The lowest BCUT2D eigenvalue weighted by atomic mass is 9.84. The quantitative estimate of drug-likeness (QED) is 0.674. The van der Waals surface area contributed by atoms with Crippen LogP contribution in [0.2, 0.25) is 0 Å². The number of hydrogen-bond acceptors (Lipinski definition) is 1. The molecule has 1 aromatic carbocycles. The van der Waals surface area contributed by atoms with E-state index in [1.807, 2.05) is 0 Å². The van der Waals surface area contributed by atoms with Gasteiger partial charge >= 0.3 is 0 Å². The zero-order chi connectivity index (χ0) is 11.9. The summed E-state index contributed by atoms with van der Waals surface area (Å²) < 4.78 is 0. The Morgan fingerprint density at radius 2 is 1.94 bits per heavy atom. The molecule has 1 aliphatic rings. The van der Waals surface area contributed by atoms with E-state index in [0.717, 1.165) is 17.8 Å². The molecule has 0 radical (unpaired) electrons. The van der Waals surface area contributed by atoms with Crippen LogP contribution < -0.4 is 4.90 Å². The molecule has 1 nitrogen and oxygen atoms in total. The molecule has 0 amide bonds. The zero-order valence-corrected chi connectivity index (χ0v) is 10.4. The van der Waals surface area contributed by atoms with E-state index in [-0.39, 0.29) is 5.41 Å². The summed E-state index contributed by atoms with van der Waals surface area (Å²) in [6.45, 7) is 15.6. The molecule has 0 saturated carbocycles. The number of anilines is 1. The summed E-state index contributed by atoms with van der Waals surface area (Å²) in [5.74, 6) is 0. The van der Waals surface area contributed by atoms with Crippen LogP contribution in [-0.4, -0.2) is 6.54 Å². The van der Waals surface area contributed by atoms with Gasteiger partial charge in [-0.3, -0.25) is 0 Å². The summed E-state index contributed by atoms with van der Waals surface area (Å²) in [7, 11) is 0. The highest BCUT2D eigenvalue weighted by Crippen LogP contribution is 2.46. The number of fused-ring (bicyclic) bond motifs is 1. The lowest BCUT2D eigenvalue weighted by Crippen LogP contribution is -2.26. The van der Waals surface area contributed by atoms with Crippen molar-refractivity contribution in [1.82, 2.24) is 0 Å². The van der Waals surface area contributed by atoms with E-state index in [1.165, 1.54) is 11.3 Å².